The lowest BCUT2D eigenvalue weighted by Gasteiger charge is -2.27. The van der Waals surface area contributed by atoms with E-state index in [0.717, 1.165) is 6.42 Å². The summed E-state index contributed by atoms with van der Waals surface area (Å²) in [5.41, 5.74) is 0. The minimum Gasteiger partial charge on any atom is -0.395 e. The molecule has 84 valence electrons. The molecular formula is C9H19NO4. The molecule has 1 aliphatic rings. The van der Waals surface area contributed by atoms with E-state index in [1.165, 1.54) is 0 Å². The van der Waals surface area contributed by atoms with Crippen LogP contribution in [0, 0.1) is 0 Å². The summed E-state index contributed by atoms with van der Waals surface area (Å²) in [4.78, 5) is 1.77. The molecule has 1 saturated heterocycles. The Bertz CT molecular complexity index is 162. The molecule has 0 aromatic carbocycles. The molecule has 5 nitrogen and oxygen atoms in total. The SMILES string of the molecule is CCCN1[C@H](CO)[C@@H](O)[C@H](O)[C@H]1CO. The first-order valence-corrected chi connectivity index (χ1v) is 5.01. The normalized spacial score (nSPS) is 39.2. The molecule has 0 amide bonds. The Balaban J connectivity index is 2.74. The summed E-state index contributed by atoms with van der Waals surface area (Å²) in [7, 11) is 0. The Morgan fingerprint density at radius 2 is 1.43 bits per heavy atom. The minimum atomic E-state index is -0.969. The predicted molar refractivity (Wildman–Crippen MR) is 50.8 cm³/mol. The third-order valence-corrected chi connectivity index (χ3v) is 2.85. The number of hydrogen-bond donors (Lipinski definition) is 4. The van der Waals surface area contributed by atoms with Gasteiger partial charge >= 0.3 is 0 Å². The molecule has 14 heavy (non-hydrogen) atoms. The van der Waals surface area contributed by atoms with Gasteiger partial charge in [0.1, 0.15) is 0 Å². The van der Waals surface area contributed by atoms with Gasteiger partial charge in [-0.25, -0.2) is 0 Å². The molecule has 1 rings (SSSR count). The van der Waals surface area contributed by atoms with Crippen molar-refractivity contribution in [2.75, 3.05) is 19.8 Å². The van der Waals surface area contributed by atoms with Gasteiger partial charge in [-0.1, -0.05) is 6.92 Å². The summed E-state index contributed by atoms with van der Waals surface area (Å²) < 4.78 is 0. The molecule has 4 atom stereocenters. The number of nitrogens with zero attached hydrogens (tertiary/aromatic N) is 1. The van der Waals surface area contributed by atoms with Gasteiger partial charge in [-0.3, -0.25) is 4.90 Å². The second-order valence-electron chi connectivity index (χ2n) is 3.72. The van der Waals surface area contributed by atoms with Crippen LogP contribution in [0.2, 0.25) is 0 Å². The zero-order chi connectivity index (χ0) is 10.7. The van der Waals surface area contributed by atoms with Crippen LogP contribution in [0.25, 0.3) is 0 Å². The van der Waals surface area contributed by atoms with Crippen LogP contribution in [0.15, 0.2) is 0 Å². The summed E-state index contributed by atoms with van der Waals surface area (Å²) >= 11 is 0. The molecule has 0 unspecified atom stereocenters. The third kappa shape index (κ3) is 1.92. The number of likely N-dealkylation sites (tertiary alicyclic amines) is 1. The Hall–Kier alpha value is -0.200. The van der Waals surface area contributed by atoms with E-state index in [4.69, 9.17) is 10.2 Å². The van der Waals surface area contributed by atoms with E-state index in [-0.39, 0.29) is 13.2 Å². The predicted octanol–water partition coefficient (Wildman–Crippen LogP) is -1.84. The first-order valence-electron chi connectivity index (χ1n) is 5.01. The van der Waals surface area contributed by atoms with Gasteiger partial charge in [0.2, 0.25) is 0 Å². The van der Waals surface area contributed by atoms with Gasteiger partial charge in [0, 0.05) is 0 Å². The zero-order valence-corrected chi connectivity index (χ0v) is 8.37. The molecule has 0 bridgehead atoms. The van der Waals surface area contributed by atoms with E-state index in [2.05, 4.69) is 0 Å². The van der Waals surface area contributed by atoms with Crippen molar-refractivity contribution in [1.82, 2.24) is 4.90 Å². The number of aliphatic hydroxyl groups is 4. The Labute approximate surface area is 83.6 Å². The van der Waals surface area contributed by atoms with Crippen LogP contribution in [0.5, 0.6) is 0 Å². The van der Waals surface area contributed by atoms with Crippen molar-refractivity contribution in [1.29, 1.82) is 0 Å². The number of hydrogen-bond acceptors (Lipinski definition) is 5. The summed E-state index contributed by atoms with van der Waals surface area (Å²) in [5.74, 6) is 0. The standard InChI is InChI=1S/C9H19NO4/c1-2-3-10-6(4-11)8(13)9(14)7(10)5-12/h6-9,11-14H,2-5H2,1H3/t6-,7-,8-,9-/m1/s1. The van der Waals surface area contributed by atoms with Gasteiger partial charge in [-0.2, -0.15) is 0 Å². The molecule has 0 radical (unpaired) electrons. The van der Waals surface area contributed by atoms with Crippen molar-refractivity contribution in [3.05, 3.63) is 0 Å². The largest absolute Gasteiger partial charge is 0.395 e. The second-order valence-corrected chi connectivity index (χ2v) is 3.72. The van der Waals surface area contributed by atoms with Gasteiger partial charge in [-0.05, 0) is 13.0 Å². The third-order valence-electron chi connectivity index (χ3n) is 2.85. The molecule has 4 N–H and O–H groups in total. The van der Waals surface area contributed by atoms with E-state index >= 15 is 0 Å². The monoisotopic (exact) mass is 205 g/mol. The maximum absolute atomic E-state index is 9.59. The zero-order valence-electron chi connectivity index (χ0n) is 8.37. The van der Waals surface area contributed by atoms with Crippen LogP contribution in [0.1, 0.15) is 13.3 Å². The van der Waals surface area contributed by atoms with Crippen LogP contribution in [0.3, 0.4) is 0 Å². The first-order chi connectivity index (χ1) is 6.67. The first kappa shape index (κ1) is 11.9. The van der Waals surface area contributed by atoms with Gasteiger partial charge in [-0.15, -0.1) is 0 Å². The van der Waals surface area contributed by atoms with Crippen molar-refractivity contribution < 1.29 is 20.4 Å². The fourth-order valence-corrected chi connectivity index (χ4v) is 2.11. The van der Waals surface area contributed by atoms with E-state index in [1.54, 1.807) is 4.90 Å². The average molecular weight is 205 g/mol. The van der Waals surface area contributed by atoms with Gasteiger partial charge in [0.05, 0.1) is 37.5 Å². The van der Waals surface area contributed by atoms with Crippen LogP contribution < -0.4 is 0 Å². The molecule has 1 heterocycles. The van der Waals surface area contributed by atoms with Gasteiger partial charge in [0.25, 0.3) is 0 Å². The lowest BCUT2D eigenvalue weighted by molar-refractivity contribution is 0.0130. The van der Waals surface area contributed by atoms with Gasteiger partial charge in [0.15, 0.2) is 0 Å². The van der Waals surface area contributed by atoms with Crippen molar-refractivity contribution in [3.8, 4) is 0 Å². The lowest BCUT2D eigenvalue weighted by Crippen LogP contribution is -2.43. The fourth-order valence-electron chi connectivity index (χ4n) is 2.11. The molecule has 0 spiro atoms. The van der Waals surface area contributed by atoms with Crippen molar-refractivity contribution in [2.45, 2.75) is 37.6 Å². The Morgan fingerprint density at radius 3 is 1.71 bits per heavy atom. The molecule has 5 heteroatoms. The highest BCUT2D eigenvalue weighted by Gasteiger charge is 2.46. The summed E-state index contributed by atoms with van der Waals surface area (Å²) in [6.45, 7) is 2.23. The molecule has 0 aliphatic carbocycles. The van der Waals surface area contributed by atoms with E-state index in [9.17, 15) is 10.2 Å². The summed E-state index contributed by atoms with van der Waals surface area (Å²) in [5, 5.41) is 37.3. The second kappa shape index (κ2) is 5.04. The van der Waals surface area contributed by atoms with Crippen LogP contribution in [-0.2, 0) is 0 Å². The highest BCUT2D eigenvalue weighted by atomic mass is 16.3. The van der Waals surface area contributed by atoms with Crippen molar-refractivity contribution in [3.63, 3.8) is 0 Å². The highest BCUT2D eigenvalue weighted by molar-refractivity contribution is 5.00. The molecular weight excluding hydrogens is 186 g/mol. The van der Waals surface area contributed by atoms with E-state index < -0.39 is 24.3 Å². The molecule has 0 aromatic rings. The molecule has 0 aromatic heterocycles. The fraction of sp³-hybridized carbons (Fsp3) is 1.00. The van der Waals surface area contributed by atoms with Crippen LogP contribution in [0.4, 0.5) is 0 Å². The molecule has 1 fully saturated rings. The quantitative estimate of drug-likeness (QED) is 0.433. The van der Waals surface area contributed by atoms with Crippen LogP contribution in [-0.4, -0.2) is 69.4 Å². The molecule has 1 aliphatic heterocycles. The topological polar surface area (TPSA) is 84.2 Å². The number of aliphatic hydroxyl groups excluding tert-OH is 4. The summed E-state index contributed by atoms with van der Waals surface area (Å²) in [6.07, 6.45) is -1.08. The minimum absolute atomic E-state index is 0.200. The summed E-state index contributed by atoms with van der Waals surface area (Å²) in [6, 6.07) is -0.913. The number of rotatable bonds is 4. The maximum Gasteiger partial charge on any atom is 0.0992 e. The van der Waals surface area contributed by atoms with E-state index in [1.807, 2.05) is 6.92 Å². The lowest BCUT2D eigenvalue weighted by atomic mass is 10.1. The van der Waals surface area contributed by atoms with Crippen molar-refractivity contribution in [2.24, 2.45) is 0 Å². The van der Waals surface area contributed by atoms with Crippen LogP contribution >= 0.6 is 0 Å². The van der Waals surface area contributed by atoms with Crippen molar-refractivity contribution >= 4 is 0 Å². The smallest absolute Gasteiger partial charge is 0.0992 e. The highest BCUT2D eigenvalue weighted by Crippen LogP contribution is 2.24. The van der Waals surface area contributed by atoms with Gasteiger partial charge < -0.3 is 20.4 Å². The average Bonchev–Trinajstić information content (AvgIpc) is 2.40. The van der Waals surface area contributed by atoms with E-state index in [0.29, 0.717) is 6.54 Å². The molecule has 0 saturated carbocycles. The Kier molecular flexibility index (Phi) is 4.28. The Morgan fingerprint density at radius 1 is 1.00 bits per heavy atom. The maximum atomic E-state index is 9.59.